The van der Waals surface area contributed by atoms with Crippen LogP contribution in [0.25, 0.3) is 33.4 Å². The van der Waals surface area contributed by atoms with E-state index in [-0.39, 0.29) is 17.6 Å². The van der Waals surface area contributed by atoms with E-state index < -0.39 is 6.03 Å². The number of nitrogens with zero attached hydrogens (tertiary/aromatic N) is 4. The number of aromatic nitrogens is 4. The Bertz CT molecular complexity index is 1340. The molecule has 31 heavy (non-hydrogen) atoms. The van der Waals surface area contributed by atoms with Gasteiger partial charge in [-0.3, -0.25) is 10.4 Å². The third kappa shape index (κ3) is 3.79. The van der Waals surface area contributed by atoms with Crippen LogP contribution < -0.4 is 10.6 Å². The van der Waals surface area contributed by atoms with Crippen molar-refractivity contribution in [2.24, 2.45) is 0 Å². The predicted octanol–water partition coefficient (Wildman–Crippen LogP) is 4.50. The summed E-state index contributed by atoms with van der Waals surface area (Å²) in [5.41, 5.74) is 3.24. The summed E-state index contributed by atoms with van der Waals surface area (Å²) in [6.45, 7) is 0. The molecule has 5 rings (SSSR count). The lowest BCUT2D eigenvalue weighted by Gasteiger charge is -2.14. The van der Waals surface area contributed by atoms with E-state index >= 15 is 0 Å². The Morgan fingerprint density at radius 3 is 2.65 bits per heavy atom. The fraction of sp³-hybridized carbons (Fsp3) is 0.136. The molecule has 0 spiro atoms. The lowest BCUT2D eigenvalue weighted by atomic mass is 10.0. The molecule has 4 aromatic rings. The summed E-state index contributed by atoms with van der Waals surface area (Å²) < 4.78 is 0. The summed E-state index contributed by atoms with van der Waals surface area (Å²) in [6.07, 6.45) is 3.58. The van der Waals surface area contributed by atoms with Gasteiger partial charge in [-0.1, -0.05) is 41.9 Å². The van der Waals surface area contributed by atoms with Gasteiger partial charge in [-0.2, -0.15) is 10.4 Å². The van der Waals surface area contributed by atoms with Gasteiger partial charge in [0.25, 0.3) is 0 Å². The molecule has 3 N–H and O–H groups in total. The second-order valence-corrected chi connectivity index (χ2v) is 7.67. The monoisotopic (exact) mass is 429 g/mol. The Kier molecular flexibility index (Phi) is 4.73. The highest BCUT2D eigenvalue weighted by Crippen LogP contribution is 2.35. The number of rotatable bonds is 4. The van der Waals surface area contributed by atoms with E-state index in [4.69, 9.17) is 11.6 Å². The van der Waals surface area contributed by atoms with Crippen molar-refractivity contribution in [1.29, 1.82) is 5.26 Å². The highest BCUT2D eigenvalue weighted by Gasteiger charge is 2.25. The van der Waals surface area contributed by atoms with Gasteiger partial charge >= 0.3 is 6.03 Å². The maximum absolute atomic E-state index is 12.3. The van der Waals surface area contributed by atoms with Gasteiger partial charge in [-0.05, 0) is 25.0 Å². The van der Waals surface area contributed by atoms with Crippen LogP contribution in [-0.4, -0.2) is 32.2 Å². The van der Waals surface area contributed by atoms with Gasteiger partial charge in [0.05, 0.1) is 28.1 Å². The van der Waals surface area contributed by atoms with Crippen molar-refractivity contribution in [2.45, 2.75) is 18.9 Å². The van der Waals surface area contributed by atoms with Crippen LogP contribution in [0, 0.1) is 11.3 Å². The molecule has 1 saturated carbocycles. The van der Waals surface area contributed by atoms with Gasteiger partial charge in [-0.15, -0.1) is 0 Å². The Labute approximate surface area is 182 Å². The van der Waals surface area contributed by atoms with Crippen LogP contribution in [-0.2, 0) is 0 Å². The van der Waals surface area contributed by atoms with Crippen molar-refractivity contribution in [1.82, 2.24) is 25.5 Å². The average Bonchev–Trinajstić information content (AvgIpc) is 3.45. The van der Waals surface area contributed by atoms with Crippen molar-refractivity contribution in [2.75, 3.05) is 5.32 Å². The lowest BCUT2D eigenvalue weighted by Crippen LogP contribution is -2.31. The fourth-order valence-corrected chi connectivity index (χ4v) is 3.58. The second kappa shape index (κ2) is 7.70. The first kappa shape index (κ1) is 19.0. The summed E-state index contributed by atoms with van der Waals surface area (Å²) in [4.78, 5) is 21.5. The number of hydrogen-bond donors (Lipinski definition) is 3. The summed E-state index contributed by atoms with van der Waals surface area (Å²) in [5.74, 6) is 0.110. The molecule has 0 unspecified atom stereocenters. The Morgan fingerprint density at radius 1 is 1.13 bits per heavy atom. The minimum Gasteiger partial charge on any atom is -0.335 e. The third-order valence-corrected chi connectivity index (χ3v) is 5.27. The number of nitriles is 1. The molecule has 0 atom stereocenters. The molecule has 2 aromatic carbocycles. The van der Waals surface area contributed by atoms with Crippen LogP contribution in [0.4, 0.5) is 10.6 Å². The van der Waals surface area contributed by atoms with E-state index in [9.17, 15) is 10.1 Å². The number of nitrogens with one attached hydrogen (secondary N) is 3. The Morgan fingerprint density at radius 2 is 1.90 bits per heavy atom. The van der Waals surface area contributed by atoms with Crippen molar-refractivity contribution >= 4 is 34.4 Å². The number of carbonyl (C=O) groups excluding carboxylic acids is 1. The quantitative estimate of drug-likeness (QED) is 0.441. The van der Waals surface area contributed by atoms with Crippen molar-refractivity contribution in [3.05, 3.63) is 59.4 Å². The number of aromatic amines is 1. The lowest BCUT2D eigenvalue weighted by molar-refractivity contribution is 0.251. The van der Waals surface area contributed by atoms with Gasteiger partial charge in [0.1, 0.15) is 6.07 Å². The average molecular weight is 430 g/mol. The molecule has 9 heteroatoms. The van der Waals surface area contributed by atoms with E-state index in [1.165, 1.54) is 0 Å². The molecule has 0 bridgehead atoms. The van der Waals surface area contributed by atoms with Crippen molar-refractivity contribution < 1.29 is 4.79 Å². The zero-order valence-corrected chi connectivity index (χ0v) is 16.9. The van der Waals surface area contributed by atoms with Gasteiger partial charge in [0.2, 0.25) is 0 Å². The number of anilines is 1. The minimum atomic E-state index is -0.400. The molecule has 0 saturated heterocycles. The van der Waals surface area contributed by atoms with Crippen LogP contribution >= 0.6 is 11.6 Å². The number of hydrogen-bond acceptors (Lipinski definition) is 5. The SMILES string of the molecule is N#Cc1nc(-c2cc(Cl)c3[nH]ncc3c2)c(-c2ccccc2)nc1NC(=O)NC1CC1. The van der Waals surface area contributed by atoms with Gasteiger partial charge in [0, 0.05) is 22.6 Å². The molecule has 1 aliphatic rings. The molecule has 152 valence electrons. The van der Waals surface area contributed by atoms with E-state index in [1.54, 1.807) is 12.3 Å². The first-order valence-electron chi connectivity index (χ1n) is 9.70. The Hall–Kier alpha value is -3.96. The normalized spacial score (nSPS) is 13.0. The summed E-state index contributed by atoms with van der Waals surface area (Å²) >= 11 is 6.43. The molecule has 2 amide bonds. The van der Waals surface area contributed by atoms with E-state index in [0.29, 0.717) is 22.0 Å². The molecule has 2 heterocycles. The van der Waals surface area contributed by atoms with Crippen molar-refractivity contribution in [3.8, 4) is 28.6 Å². The van der Waals surface area contributed by atoms with Gasteiger partial charge < -0.3 is 5.32 Å². The molecule has 8 nitrogen and oxygen atoms in total. The van der Waals surface area contributed by atoms with Crippen LogP contribution in [0.3, 0.4) is 0 Å². The zero-order chi connectivity index (χ0) is 21.4. The first-order chi connectivity index (χ1) is 15.1. The van der Waals surface area contributed by atoms with Gasteiger partial charge in [-0.25, -0.2) is 14.8 Å². The highest BCUT2D eigenvalue weighted by atomic mass is 35.5. The number of fused-ring (bicyclic) bond motifs is 1. The molecule has 0 radical (unpaired) electrons. The number of halogens is 1. The molecule has 1 aliphatic carbocycles. The first-order valence-corrected chi connectivity index (χ1v) is 10.1. The molecule has 0 aliphatic heterocycles. The van der Waals surface area contributed by atoms with E-state index in [0.717, 1.165) is 29.3 Å². The summed E-state index contributed by atoms with van der Waals surface area (Å²) in [6, 6.07) is 14.9. The topological polar surface area (TPSA) is 119 Å². The van der Waals surface area contributed by atoms with E-state index in [1.807, 2.05) is 42.5 Å². The second-order valence-electron chi connectivity index (χ2n) is 7.26. The smallest absolute Gasteiger partial charge is 0.320 e. The molecule has 2 aromatic heterocycles. The van der Waals surface area contributed by atoms with Crippen molar-refractivity contribution in [3.63, 3.8) is 0 Å². The van der Waals surface area contributed by atoms with E-state index in [2.05, 4.69) is 30.8 Å². The molecular formula is C22H16ClN7O. The number of benzene rings is 2. The summed E-state index contributed by atoms with van der Waals surface area (Å²) in [5, 5.41) is 23.4. The number of carbonyl (C=O) groups is 1. The highest BCUT2D eigenvalue weighted by molar-refractivity contribution is 6.35. The molecule has 1 fully saturated rings. The predicted molar refractivity (Wildman–Crippen MR) is 117 cm³/mol. The molecular weight excluding hydrogens is 414 g/mol. The Balaban J connectivity index is 1.67. The van der Waals surface area contributed by atoms with Crippen LogP contribution in [0.2, 0.25) is 5.02 Å². The maximum Gasteiger partial charge on any atom is 0.320 e. The largest absolute Gasteiger partial charge is 0.335 e. The fourth-order valence-electron chi connectivity index (χ4n) is 3.31. The number of H-pyrrole nitrogens is 1. The zero-order valence-electron chi connectivity index (χ0n) is 16.2. The third-order valence-electron chi connectivity index (χ3n) is 4.97. The number of amides is 2. The number of urea groups is 1. The van der Waals surface area contributed by atoms with Crippen LogP contribution in [0.1, 0.15) is 18.5 Å². The minimum absolute atomic E-state index is 0.0176. The maximum atomic E-state index is 12.3. The van der Waals surface area contributed by atoms with Crippen LogP contribution in [0.15, 0.2) is 48.7 Å². The van der Waals surface area contributed by atoms with Crippen LogP contribution in [0.5, 0.6) is 0 Å². The van der Waals surface area contributed by atoms with Gasteiger partial charge in [0.15, 0.2) is 11.5 Å². The summed E-state index contributed by atoms with van der Waals surface area (Å²) in [7, 11) is 0. The standard InChI is InChI=1S/C22H16ClN7O/c23-16-9-13(8-14-11-25-30-18(14)16)20-19(12-4-2-1-3-5-12)28-21(17(10-24)27-20)29-22(31)26-15-6-7-15/h1-5,8-9,11,15H,6-7H2,(H,25,30)(H2,26,28,29,31).